The Morgan fingerprint density at radius 2 is 2.00 bits per heavy atom. The van der Waals surface area contributed by atoms with Crippen LogP contribution in [0.5, 0.6) is 0 Å². The highest BCUT2D eigenvalue weighted by Gasteiger charge is 2.15. The smallest absolute Gasteiger partial charge is 0.274 e. The number of aromatic nitrogens is 3. The third-order valence-corrected chi connectivity index (χ3v) is 4.85. The van der Waals surface area contributed by atoms with Gasteiger partial charge in [0.05, 0.1) is 5.69 Å². The van der Waals surface area contributed by atoms with Gasteiger partial charge in [-0.1, -0.05) is 6.07 Å². The molecule has 0 saturated carbocycles. The van der Waals surface area contributed by atoms with Crippen LogP contribution in [0.1, 0.15) is 16.1 Å². The summed E-state index contributed by atoms with van der Waals surface area (Å²) in [6.07, 6.45) is 0. The number of amides is 1. The first kappa shape index (κ1) is 17.0. The molecule has 3 aromatic heterocycles. The molecule has 27 heavy (non-hydrogen) atoms. The molecular formula is C18H15N5O3S. The largest absolute Gasteiger partial charge is 0.343 e. The van der Waals surface area contributed by atoms with Crippen LogP contribution in [-0.4, -0.2) is 25.5 Å². The van der Waals surface area contributed by atoms with Crippen LogP contribution in [0.25, 0.3) is 17.0 Å². The Kier molecular flexibility index (Phi) is 4.22. The minimum atomic E-state index is -0.571. The van der Waals surface area contributed by atoms with E-state index in [-0.39, 0.29) is 5.56 Å². The van der Waals surface area contributed by atoms with E-state index in [1.807, 2.05) is 18.4 Å². The van der Waals surface area contributed by atoms with Crippen LogP contribution in [0.2, 0.25) is 0 Å². The van der Waals surface area contributed by atoms with Crippen molar-refractivity contribution >= 4 is 33.7 Å². The summed E-state index contributed by atoms with van der Waals surface area (Å²) < 4.78 is 1.61. The van der Waals surface area contributed by atoms with Crippen LogP contribution in [0.4, 0.5) is 10.8 Å². The van der Waals surface area contributed by atoms with Gasteiger partial charge in [-0.25, -0.2) is 10.5 Å². The number of carbonyl (C=O) groups excluding carboxylic acids is 1. The normalized spacial score (nSPS) is 10.9. The Hall–Kier alpha value is -3.43. The summed E-state index contributed by atoms with van der Waals surface area (Å²) in [6, 6.07) is 11.7. The lowest BCUT2D eigenvalue weighted by molar-refractivity contribution is 0.0706. The minimum absolute atomic E-state index is 0.118. The summed E-state index contributed by atoms with van der Waals surface area (Å²) in [4.78, 5) is 31.4. The number of aromatic amines is 1. The standard InChI is InChI=1S/C18H15N5O3S/c1-10-16(23-14(19-10)3-2-4-15(23)24)13-9-27-18(21-13)20-12-7-5-11(6-8-12)17(25)22-26/h2-9,19,26H,1H3,(H,20,21)(H,22,25). The molecule has 9 heteroatoms. The number of nitrogens with zero attached hydrogens (tertiary/aromatic N) is 2. The summed E-state index contributed by atoms with van der Waals surface area (Å²) in [5, 5.41) is 14.4. The lowest BCUT2D eigenvalue weighted by Crippen LogP contribution is -2.18. The van der Waals surface area contributed by atoms with E-state index in [1.54, 1.807) is 40.2 Å². The van der Waals surface area contributed by atoms with Crippen molar-refractivity contribution in [1.29, 1.82) is 0 Å². The highest BCUT2D eigenvalue weighted by Crippen LogP contribution is 2.29. The Morgan fingerprint density at radius 1 is 1.22 bits per heavy atom. The summed E-state index contributed by atoms with van der Waals surface area (Å²) in [6.45, 7) is 1.90. The van der Waals surface area contributed by atoms with Crippen molar-refractivity contribution in [2.45, 2.75) is 6.92 Å². The van der Waals surface area contributed by atoms with Gasteiger partial charge in [0.15, 0.2) is 5.13 Å². The molecule has 0 radical (unpaired) electrons. The highest BCUT2D eigenvalue weighted by atomic mass is 32.1. The van der Waals surface area contributed by atoms with Gasteiger partial charge in [0.25, 0.3) is 11.5 Å². The second-order valence-corrected chi connectivity index (χ2v) is 6.72. The van der Waals surface area contributed by atoms with Crippen molar-refractivity contribution in [3.05, 3.63) is 69.5 Å². The molecule has 0 fully saturated rings. The second-order valence-electron chi connectivity index (χ2n) is 5.86. The van der Waals surface area contributed by atoms with E-state index in [2.05, 4.69) is 15.3 Å². The molecule has 1 amide bonds. The van der Waals surface area contributed by atoms with Crippen LogP contribution in [0, 0.1) is 6.92 Å². The maximum atomic E-state index is 12.2. The molecule has 3 heterocycles. The number of fused-ring (bicyclic) bond motifs is 1. The van der Waals surface area contributed by atoms with E-state index in [9.17, 15) is 9.59 Å². The summed E-state index contributed by atoms with van der Waals surface area (Å²) >= 11 is 1.41. The van der Waals surface area contributed by atoms with Crippen molar-refractivity contribution < 1.29 is 10.0 Å². The molecule has 0 aliphatic heterocycles. The predicted molar refractivity (Wildman–Crippen MR) is 103 cm³/mol. The first-order valence-corrected chi connectivity index (χ1v) is 8.92. The summed E-state index contributed by atoms with van der Waals surface area (Å²) in [5.41, 5.74) is 5.56. The van der Waals surface area contributed by atoms with Gasteiger partial charge in [0.2, 0.25) is 0 Å². The van der Waals surface area contributed by atoms with Crippen LogP contribution in [0.3, 0.4) is 0 Å². The molecule has 4 aromatic rings. The van der Waals surface area contributed by atoms with Crippen molar-refractivity contribution in [3.63, 3.8) is 0 Å². The zero-order valence-corrected chi connectivity index (χ0v) is 15.0. The Labute approximate surface area is 157 Å². The van der Waals surface area contributed by atoms with Gasteiger partial charge in [0, 0.05) is 28.4 Å². The topological polar surface area (TPSA) is 112 Å². The highest BCUT2D eigenvalue weighted by molar-refractivity contribution is 7.14. The first-order valence-electron chi connectivity index (χ1n) is 8.04. The van der Waals surface area contributed by atoms with E-state index in [1.165, 1.54) is 17.4 Å². The second kappa shape index (κ2) is 6.71. The quantitative estimate of drug-likeness (QED) is 0.321. The van der Waals surface area contributed by atoms with Crippen molar-refractivity contribution in [1.82, 2.24) is 19.8 Å². The molecule has 0 saturated heterocycles. The fourth-order valence-corrected chi connectivity index (χ4v) is 3.59. The molecule has 0 aliphatic rings. The number of carbonyl (C=O) groups is 1. The minimum Gasteiger partial charge on any atom is -0.343 e. The van der Waals surface area contributed by atoms with Crippen LogP contribution < -0.4 is 16.4 Å². The van der Waals surface area contributed by atoms with E-state index < -0.39 is 5.91 Å². The van der Waals surface area contributed by atoms with Crippen molar-refractivity contribution in [3.8, 4) is 11.4 Å². The molecule has 1 aromatic carbocycles. The van der Waals surface area contributed by atoms with E-state index >= 15 is 0 Å². The number of thiazole rings is 1. The van der Waals surface area contributed by atoms with Gasteiger partial charge < -0.3 is 10.3 Å². The van der Waals surface area contributed by atoms with Gasteiger partial charge in [-0.3, -0.25) is 19.2 Å². The molecule has 8 nitrogen and oxygen atoms in total. The Balaban J connectivity index is 1.64. The van der Waals surface area contributed by atoms with Crippen LogP contribution in [-0.2, 0) is 0 Å². The molecular weight excluding hydrogens is 366 g/mol. The molecule has 4 N–H and O–H groups in total. The Bertz CT molecular complexity index is 1190. The SMILES string of the molecule is Cc1[nH]c2cccc(=O)n2c1-c1csc(Nc2ccc(C(=O)NO)cc2)n1. The maximum Gasteiger partial charge on any atom is 0.274 e. The molecule has 136 valence electrons. The van der Waals surface area contributed by atoms with Crippen LogP contribution >= 0.6 is 11.3 Å². The number of nitrogens with one attached hydrogen (secondary N) is 3. The number of benzene rings is 1. The Morgan fingerprint density at radius 3 is 2.74 bits per heavy atom. The van der Waals surface area contributed by atoms with E-state index in [0.717, 1.165) is 22.7 Å². The van der Waals surface area contributed by atoms with Crippen molar-refractivity contribution in [2.24, 2.45) is 0 Å². The average Bonchev–Trinajstić information content (AvgIpc) is 3.25. The van der Waals surface area contributed by atoms with Crippen LogP contribution in [0.15, 0.2) is 52.6 Å². The molecule has 0 aliphatic carbocycles. The van der Waals surface area contributed by atoms with E-state index in [4.69, 9.17) is 5.21 Å². The van der Waals surface area contributed by atoms with Gasteiger partial charge in [0.1, 0.15) is 11.3 Å². The summed E-state index contributed by atoms with van der Waals surface area (Å²) in [5.74, 6) is -0.571. The fourth-order valence-electron chi connectivity index (χ4n) is 2.88. The number of hydroxylamine groups is 1. The van der Waals surface area contributed by atoms with Gasteiger partial charge in [-0.15, -0.1) is 11.3 Å². The average molecular weight is 381 g/mol. The zero-order chi connectivity index (χ0) is 19.0. The number of aryl methyl sites for hydroxylation is 1. The van der Waals surface area contributed by atoms with E-state index in [0.29, 0.717) is 16.4 Å². The molecule has 0 unspecified atom stereocenters. The molecule has 4 rings (SSSR count). The lowest BCUT2D eigenvalue weighted by atomic mass is 10.2. The fraction of sp³-hybridized carbons (Fsp3) is 0.0556. The van der Waals surface area contributed by atoms with Crippen molar-refractivity contribution in [2.75, 3.05) is 5.32 Å². The predicted octanol–water partition coefficient (Wildman–Crippen LogP) is 2.92. The zero-order valence-electron chi connectivity index (χ0n) is 14.2. The van der Waals surface area contributed by atoms with Gasteiger partial charge in [-0.05, 0) is 37.3 Å². The lowest BCUT2D eigenvalue weighted by Gasteiger charge is -2.04. The molecule has 0 atom stereocenters. The molecule has 0 spiro atoms. The monoisotopic (exact) mass is 381 g/mol. The third kappa shape index (κ3) is 3.09. The third-order valence-electron chi connectivity index (χ3n) is 4.10. The van der Waals surface area contributed by atoms with Gasteiger partial charge in [-0.2, -0.15) is 0 Å². The number of H-pyrrole nitrogens is 1. The maximum absolute atomic E-state index is 12.2. The first-order chi connectivity index (χ1) is 13.1. The number of anilines is 2. The number of pyridine rings is 1. The summed E-state index contributed by atoms with van der Waals surface area (Å²) in [7, 11) is 0. The number of rotatable bonds is 4. The van der Waals surface area contributed by atoms with Gasteiger partial charge >= 0.3 is 0 Å². The molecule has 0 bridgehead atoms. The number of imidazole rings is 1. The number of hydrogen-bond acceptors (Lipinski definition) is 6. The number of hydrogen-bond donors (Lipinski definition) is 4.